The number of carbonyl (C=O) groups is 1. The number of rotatable bonds is 5. The monoisotopic (exact) mass is 462 g/mol. The largest absolute Gasteiger partial charge is 0.370 e. The van der Waals surface area contributed by atoms with E-state index in [2.05, 4.69) is 23.9 Å². The minimum absolute atomic E-state index is 0.0532. The molecule has 3 heterocycles. The van der Waals surface area contributed by atoms with E-state index in [0.29, 0.717) is 42.7 Å². The molecule has 0 unspecified atom stereocenters. The van der Waals surface area contributed by atoms with E-state index in [0.717, 1.165) is 63.7 Å². The fourth-order valence-electron chi connectivity index (χ4n) is 5.26. The van der Waals surface area contributed by atoms with Gasteiger partial charge in [-0.1, -0.05) is 6.42 Å². The SMILES string of the molecule is CN(C)C1CCN(C(=O)c2ccc(N3CCCCC3)c(S(=O)(=O)N3CCCCC3)c2)CC1. The van der Waals surface area contributed by atoms with Crippen molar-refractivity contribution < 1.29 is 13.2 Å². The molecule has 32 heavy (non-hydrogen) atoms. The van der Waals surface area contributed by atoms with Gasteiger partial charge in [0, 0.05) is 50.9 Å². The quantitative estimate of drug-likeness (QED) is 0.673. The Labute approximate surface area is 193 Å². The van der Waals surface area contributed by atoms with E-state index >= 15 is 0 Å². The van der Waals surface area contributed by atoms with Crippen molar-refractivity contribution in [2.45, 2.75) is 62.3 Å². The molecule has 178 valence electrons. The smallest absolute Gasteiger partial charge is 0.253 e. The van der Waals surface area contributed by atoms with E-state index < -0.39 is 10.0 Å². The Bertz CT molecular complexity index is 898. The number of benzene rings is 1. The summed E-state index contributed by atoms with van der Waals surface area (Å²) in [6.45, 7) is 4.30. The molecule has 0 N–H and O–H groups in total. The van der Waals surface area contributed by atoms with E-state index in [1.165, 1.54) is 6.42 Å². The zero-order chi connectivity index (χ0) is 22.7. The van der Waals surface area contributed by atoms with Gasteiger partial charge in [-0.15, -0.1) is 0 Å². The van der Waals surface area contributed by atoms with Crippen molar-refractivity contribution in [2.75, 3.05) is 58.3 Å². The Morgan fingerprint density at radius 2 is 1.47 bits per heavy atom. The standard InChI is InChI=1S/C24H38N4O3S/c1-25(2)21-11-17-27(18-12-21)24(29)20-9-10-22(26-13-5-3-6-14-26)23(19-20)32(30,31)28-15-7-4-8-16-28/h9-10,19,21H,3-8,11-18H2,1-2H3. The zero-order valence-electron chi connectivity index (χ0n) is 19.6. The lowest BCUT2D eigenvalue weighted by molar-refractivity contribution is 0.0663. The first kappa shape index (κ1) is 23.5. The molecule has 0 radical (unpaired) electrons. The number of hydrogen-bond donors (Lipinski definition) is 0. The van der Waals surface area contributed by atoms with Crippen molar-refractivity contribution in [3.05, 3.63) is 23.8 Å². The molecule has 3 aliphatic heterocycles. The van der Waals surface area contributed by atoms with Gasteiger partial charge in [0.15, 0.2) is 0 Å². The molecule has 4 rings (SSSR count). The molecule has 1 aromatic carbocycles. The van der Waals surface area contributed by atoms with Crippen LogP contribution in [-0.4, -0.2) is 87.8 Å². The third-order valence-corrected chi connectivity index (χ3v) is 9.25. The topological polar surface area (TPSA) is 64.2 Å². The predicted octanol–water partition coefficient (Wildman–Crippen LogP) is 3.02. The lowest BCUT2D eigenvalue weighted by Gasteiger charge is -2.36. The third-order valence-electron chi connectivity index (χ3n) is 7.32. The van der Waals surface area contributed by atoms with Crippen molar-refractivity contribution >= 4 is 21.6 Å². The molecule has 0 atom stereocenters. The van der Waals surface area contributed by atoms with Crippen molar-refractivity contribution in [3.63, 3.8) is 0 Å². The first-order chi connectivity index (χ1) is 15.4. The van der Waals surface area contributed by atoms with Gasteiger partial charge in [-0.3, -0.25) is 4.79 Å². The molecule has 0 bridgehead atoms. The Morgan fingerprint density at radius 3 is 2.06 bits per heavy atom. The second kappa shape index (κ2) is 10.1. The summed E-state index contributed by atoms with van der Waals surface area (Å²) in [7, 11) is 0.531. The van der Waals surface area contributed by atoms with Gasteiger partial charge in [-0.25, -0.2) is 8.42 Å². The van der Waals surface area contributed by atoms with Crippen molar-refractivity contribution in [1.29, 1.82) is 0 Å². The van der Waals surface area contributed by atoms with Crippen LogP contribution in [0.3, 0.4) is 0 Å². The summed E-state index contributed by atoms with van der Waals surface area (Å²) in [5, 5.41) is 0. The van der Waals surface area contributed by atoms with Gasteiger partial charge < -0.3 is 14.7 Å². The highest BCUT2D eigenvalue weighted by Gasteiger charge is 2.32. The molecule has 3 saturated heterocycles. The van der Waals surface area contributed by atoms with Gasteiger partial charge in [-0.2, -0.15) is 4.31 Å². The number of piperidine rings is 3. The predicted molar refractivity (Wildman–Crippen MR) is 128 cm³/mol. The van der Waals surface area contributed by atoms with Crippen LogP contribution >= 0.6 is 0 Å². The van der Waals surface area contributed by atoms with Crippen molar-refractivity contribution in [3.8, 4) is 0 Å². The Balaban J connectivity index is 1.63. The lowest BCUT2D eigenvalue weighted by Crippen LogP contribution is -2.44. The lowest BCUT2D eigenvalue weighted by atomic mass is 10.0. The van der Waals surface area contributed by atoms with Crippen molar-refractivity contribution in [1.82, 2.24) is 14.1 Å². The van der Waals surface area contributed by atoms with Gasteiger partial charge in [0.05, 0.1) is 5.69 Å². The number of carbonyl (C=O) groups excluding carboxylic acids is 1. The molecular formula is C24H38N4O3S. The van der Waals surface area contributed by atoms with E-state index in [4.69, 9.17) is 0 Å². The maximum atomic E-state index is 13.7. The molecule has 0 aliphatic carbocycles. The van der Waals surface area contributed by atoms with Crippen LogP contribution in [0, 0.1) is 0 Å². The number of sulfonamides is 1. The van der Waals surface area contributed by atoms with Crippen LogP contribution in [0.25, 0.3) is 0 Å². The maximum absolute atomic E-state index is 13.7. The minimum atomic E-state index is -3.63. The Morgan fingerprint density at radius 1 is 0.875 bits per heavy atom. The Kier molecular flexibility index (Phi) is 7.42. The summed E-state index contributed by atoms with van der Waals surface area (Å²) in [5.74, 6) is -0.0532. The highest BCUT2D eigenvalue weighted by molar-refractivity contribution is 7.89. The molecule has 0 spiro atoms. The van der Waals surface area contributed by atoms with Gasteiger partial charge in [0.1, 0.15) is 4.90 Å². The molecule has 3 aliphatic rings. The van der Waals surface area contributed by atoms with Crippen LogP contribution in [0.2, 0.25) is 0 Å². The van der Waals surface area contributed by atoms with E-state index in [-0.39, 0.29) is 5.91 Å². The molecule has 8 heteroatoms. The fourth-order valence-corrected chi connectivity index (χ4v) is 7.02. The van der Waals surface area contributed by atoms with E-state index in [1.807, 2.05) is 17.0 Å². The fraction of sp³-hybridized carbons (Fsp3) is 0.708. The highest BCUT2D eigenvalue weighted by atomic mass is 32.2. The number of amides is 1. The van der Waals surface area contributed by atoms with Gasteiger partial charge >= 0.3 is 0 Å². The van der Waals surface area contributed by atoms with Crippen LogP contribution in [0.4, 0.5) is 5.69 Å². The number of nitrogens with zero attached hydrogens (tertiary/aromatic N) is 4. The summed E-state index contributed by atoms with van der Waals surface area (Å²) in [6.07, 6.45) is 8.11. The average molecular weight is 463 g/mol. The van der Waals surface area contributed by atoms with Crippen LogP contribution in [0.1, 0.15) is 61.7 Å². The zero-order valence-corrected chi connectivity index (χ0v) is 20.4. The van der Waals surface area contributed by atoms with Crippen LogP contribution < -0.4 is 4.90 Å². The van der Waals surface area contributed by atoms with E-state index in [1.54, 1.807) is 10.4 Å². The molecule has 1 amide bonds. The van der Waals surface area contributed by atoms with Crippen LogP contribution in [0.15, 0.2) is 23.1 Å². The summed E-state index contributed by atoms with van der Waals surface area (Å²) in [6, 6.07) is 5.87. The second-order valence-corrected chi connectivity index (χ2v) is 11.6. The summed E-state index contributed by atoms with van der Waals surface area (Å²) in [5.41, 5.74) is 1.25. The Hall–Kier alpha value is -1.64. The van der Waals surface area contributed by atoms with Crippen LogP contribution in [0.5, 0.6) is 0 Å². The highest BCUT2D eigenvalue weighted by Crippen LogP contribution is 2.33. The summed E-state index contributed by atoms with van der Waals surface area (Å²) in [4.78, 5) is 19.9. The molecule has 0 aromatic heterocycles. The van der Waals surface area contributed by atoms with Gasteiger partial charge in [-0.05, 0) is 77.2 Å². The van der Waals surface area contributed by atoms with Gasteiger partial charge in [0.2, 0.25) is 10.0 Å². The van der Waals surface area contributed by atoms with Gasteiger partial charge in [0.25, 0.3) is 5.91 Å². The average Bonchev–Trinajstić information content (AvgIpc) is 2.84. The molecule has 3 fully saturated rings. The minimum Gasteiger partial charge on any atom is -0.370 e. The summed E-state index contributed by atoms with van der Waals surface area (Å²) < 4.78 is 29.0. The number of likely N-dealkylation sites (tertiary alicyclic amines) is 1. The first-order valence-corrected chi connectivity index (χ1v) is 13.7. The summed E-state index contributed by atoms with van der Waals surface area (Å²) >= 11 is 0. The first-order valence-electron chi connectivity index (χ1n) is 12.2. The normalized spacial score (nSPS) is 21.8. The number of anilines is 1. The van der Waals surface area contributed by atoms with Crippen molar-refractivity contribution in [2.24, 2.45) is 0 Å². The number of hydrogen-bond acceptors (Lipinski definition) is 5. The molecular weight excluding hydrogens is 424 g/mol. The van der Waals surface area contributed by atoms with E-state index in [9.17, 15) is 13.2 Å². The molecule has 0 saturated carbocycles. The second-order valence-electron chi connectivity index (χ2n) is 9.68. The molecule has 7 nitrogen and oxygen atoms in total. The van der Waals surface area contributed by atoms with Crippen LogP contribution in [-0.2, 0) is 10.0 Å². The third kappa shape index (κ3) is 4.97. The molecule has 1 aromatic rings. The maximum Gasteiger partial charge on any atom is 0.253 e.